The number of benzene rings is 2. The normalized spacial score (nSPS) is 14.7. The molecule has 7 nitrogen and oxygen atoms in total. The van der Waals surface area contributed by atoms with Crippen molar-refractivity contribution in [2.75, 3.05) is 13.1 Å². The van der Waals surface area contributed by atoms with Gasteiger partial charge in [-0.05, 0) is 50.0 Å². The van der Waals surface area contributed by atoms with Crippen LogP contribution in [0.4, 0.5) is 0 Å². The number of nitrogens with zero attached hydrogens (tertiary/aromatic N) is 5. The van der Waals surface area contributed by atoms with Crippen LogP contribution in [0.15, 0.2) is 58.5 Å². The summed E-state index contributed by atoms with van der Waals surface area (Å²) in [7, 11) is 0. The molecule has 8 heteroatoms. The van der Waals surface area contributed by atoms with Gasteiger partial charge in [0.1, 0.15) is 11.6 Å². The number of para-hydroxylation sites is 1. The Bertz CT molecular complexity index is 1290. The smallest absolute Gasteiger partial charge is 0.258 e. The van der Waals surface area contributed by atoms with Crippen molar-refractivity contribution in [2.24, 2.45) is 0 Å². The molecule has 0 aliphatic carbocycles. The second kappa shape index (κ2) is 9.89. The van der Waals surface area contributed by atoms with E-state index in [4.69, 9.17) is 4.98 Å². The Balaban J connectivity index is 1.40. The molecule has 0 radical (unpaired) electrons. The number of aryl methyl sites for hydroxylation is 1. The molecule has 1 saturated heterocycles. The number of piperidine rings is 1. The van der Waals surface area contributed by atoms with Crippen molar-refractivity contribution in [3.8, 4) is 0 Å². The minimum atomic E-state index is -0.101. The summed E-state index contributed by atoms with van der Waals surface area (Å²) in [5, 5.41) is 10.6. The van der Waals surface area contributed by atoms with E-state index in [9.17, 15) is 4.79 Å². The van der Waals surface area contributed by atoms with Gasteiger partial charge in [-0.2, -0.15) is 0 Å². The Morgan fingerprint density at radius 1 is 0.970 bits per heavy atom. The zero-order valence-corrected chi connectivity index (χ0v) is 19.6. The fourth-order valence-corrected chi connectivity index (χ4v) is 5.17. The van der Waals surface area contributed by atoms with E-state index < -0.39 is 0 Å². The van der Waals surface area contributed by atoms with Crippen LogP contribution in [0.3, 0.4) is 0 Å². The van der Waals surface area contributed by atoms with Crippen molar-refractivity contribution in [1.29, 1.82) is 0 Å². The predicted molar refractivity (Wildman–Crippen MR) is 131 cm³/mol. The molecule has 0 saturated carbocycles. The summed E-state index contributed by atoms with van der Waals surface area (Å²) < 4.78 is 2.21. The number of aromatic amines is 1. The molecule has 0 spiro atoms. The number of likely N-dealkylation sites (tertiary alicyclic amines) is 1. The third-order valence-electron chi connectivity index (χ3n) is 6.12. The van der Waals surface area contributed by atoms with E-state index >= 15 is 0 Å². The van der Waals surface area contributed by atoms with Crippen LogP contribution in [-0.4, -0.2) is 42.7 Å². The van der Waals surface area contributed by atoms with E-state index in [0.717, 1.165) is 48.2 Å². The summed E-state index contributed by atoms with van der Waals surface area (Å²) in [6.07, 6.45) is 3.80. The Hall–Kier alpha value is -2.97. The molecule has 0 bridgehead atoms. The number of aromatic nitrogens is 5. The molecule has 0 amide bonds. The minimum Gasteiger partial charge on any atom is -0.309 e. The fraction of sp³-hybridized carbons (Fsp3) is 0.360. The first kappa shape index (κ1) is 21.9. The highest BCUT2D eigenvalue weighted by molar-refractivity contribution is 7.98. The van der Waals surface area contributed by atoms with Gasteiger partial charge in [-0.3, -0.25) is 9.69 Å². The quantitative estimate of drug-likeness (QED) is 0.418. The molecule has 1 aliphatic rings. The average molecular weight is 461 g/mol. The van der Waals surface area contributed by atoms with Gasteiger partial charge in [-0.25, -0.2) is 4.98 Å². The summed E-state index contributed by atoms with van der Waals surface area (Å²) >= 11 is 1.56. The van der Waals surface area contributed by atoms with Crippen LogP contribution >= 0.6 is 11.8 Å². The van der Waals surface area contributed by atoms with E-state index in [1.807, 2.05) is 31.2 Å². The third kappa shape index (κ3) is 5.02. The zero-order chi connectivity index (χ0) is 22.6. The maximum Gasteiger partial charge on any atom is 0.258 e. The minimum absolute atomic E-state index is 0.101. The Labute approximate surface area is 197 Å². The lowest BCUT2D eigenvalue weighted by atomic mass is 10.1. The third-order valence-corrected chi connectivity index (χ3v) is 7.09. The Kier molecular flexibility index (Phi) is 6.55. The van der Waals surface area contributed by atoms with Gasteiger partial charge in [0.2, 0.25) is 0 Å². The average Bonchev–Trinajstić information content (AvgIpc) is 3.20. The van der Waals surface area contributed by atoms with Gasteiger partial charge in [-0.15, -0.1) is 10.2 Å². The van der Waals surface area contributed by atoms with Gasteiger partial charge in [0.25, 0.3) is 5.56 Å². The van der Waals surface area contributed by atoms with E-state index in [-0.39, 0.29) is 5.56 Å². The molecule has 4 aromatic rings. The van der Waals surface area contributed by atoms with Crippen LogP contribution in [0.1, 0.15) is 42.0 Å². The number of hydrogen-bond donors (Lipinski definition) is 1. The zero-order valence-electron chi connectivity index (χ0n) is 18.8. The molecule has 33 heavy (non-hydrogen) atoms. The summed E-state index contributed by atoms with van der Waals surface area (Å²) in [4.78, 5) is 22.7. The number of thioether (sulfide) groups is 1. The maximum absolute atomic E-state index is 12.6. The van der Waals surface area contributed by atoms with Crippen LogP contribution in [-0.2, 0) is 18.8 Å². The number of fused-ring (bicyclic) bond motifs is 1. The van der Waals surface area contributed by atoms with Crippen molar-refractivity contribution < 1.29 is 0 Å². The molecule has 2 aromatic heterocycles. The SMILES string of the molecule is Cc1cccc2c(=O)[nH]c(CSc3nnc(CN4CCCCC4)n3Cc3ccccc3)nc12. The van der Waals surface area contributed by atoms with Crippen LogP contribution < -0.4 is 5.56 Å². The van der Waals surface area contributed by atoms with E-state index in [2.05, 4.69) is 48.9 Å². The first-order valence-corrected chi connectivity index (χ1v) is 12.5. The summed E-state index contributed by atoms with van der Waals surface area (Å²) in [6.45, 7) is 5.74. The summed E-state index contributed by atoms with van der Waals surface area (Å²) in [6, 6.07) is 16.1. The number of hydrogen-bond acceptors (Lipinski definition) is 6. The largest absolute Gasteiger partial charge is 0.309 e. The molecule has 1 fully saturated rings. The van der Waals surface area contributed by atoms with Crippen molar-refractivity contribution >= 4 is 22.7 Å². The number of H-pyrrole nitrogens is 1. The monoisotopic (exact) mass is 460 g/mol. The van der Waals surface area contributed by atoms with Crippen LogP contribution in [0.25, 0.3) is 10.9 Å². The first-order chi connectivity index (χ1) is 16.2. The highest BCUT2D eigenvalue weighted by atomic mass is 32.2. The van der Waals surface area contributed by atoms with Crippen molar-refractivity contribution in [2.45, 2.75) is 50.2 Å². The van der Waals surface area contributed by atoms with Gasteiger partial charge in [0.05, 0.1) is 29.7 Å². The topological polar surface area (TPSA) is 79.7 Å². The van der Waals surface area contributed by atoms with Gasteiger partial charge < -0.3 is 9.55 Å². The van der Waals surface area contributed by atoms with Crippen LogP contribution in [0, 0.1) is 6.92 Å². The Morgan fingerprint density at radius 3 is 2.61 bits per heavy atom. The second-order valence-electron chi connectivity index (χ2n) is 8.58. The van der Waals surface area contributed by atoms with Crippen LogP contribution in [0.5, 0.6) is 0 Å². The van der Waals surface area contributed by atoms with E-state index in [1.54, 1.807) is 11.8 Å². The highest BCUT2D eigenvalue weighted by Gasteiger charge is 2.18. The molecule has 1 N–H and O–H groups in total. The number of rotatable bonds is 7. The van der Waals surface area contributed by atoms with Crippen molar-refractivity contribution in [3.05, 3.63) is 81.7 Å². The molecule has 0 unspecified atom stereocenters. The molecule has 3 heterocycles. The molecule has 5 rings (SSSR count). The van der Waals surface area contributed by atoms with Crippen molar-refractivity contribution in [3.63, 3.8) is 0 Å². The maximum atomic E-state index is 12.6. The number of nitrogens with one attached hydrogen (secondary N) is 1. The molecular formula is C25H28N6OS. The van der Waals surface area contributed by atoms with Gasteiger partial charge >= 0.3 is 0 Å². The lowest BCUT2D eigenvalue weighted by Crippen LogP contribution is -2.30. The summed E-state index contributed by atoms with van der Waals surface area (Å²) in [5.41, 5.74) is 2.87. The molecule has 170 valence electrons. The standard InChI is InChI=1S/C25H28N6OS/c1-18-9-8-12-20-23(18)26-21(27-24(20)32)17-33-25-29-28-22(16-30-13-6-3-7-14-30)31(25)15-19-10-4-2-5-11-19/h2,4-5,8-12H,3,6-7,13-17H2,1H3,(H,26,27,32). The van der Waals surface area contributed by atoms with Gasteiger partial charge in [-0.1, -0.05) is 60.6 Å². The van der Waals surface area contributed by atoms with E-state index in [1.165, 1.54) is 24.8 Å². The molecule has 1 aliphatic heterocycles. The molecular weight excluding hydrogens is 432 g/mol. The second-order valence-corrected chi connectivity index (χ2v) is 9.52. The highest BCUT2D eigenvalue weighted by Crippen LogP contribution is 2.24. The lowest BCUT2D eigenvalue weighted by Gasteiger charge is -2.26. The lowest BCUT2D eigenvalue weighted by molar-refractivity contribution is 0.213. The Morgan fingerprint density at radius 2 is 1.79 bits per heavy atom. The summed E-state index contributed by atoms with van der Waals surface area (Å²) in [5.74, 6) is 2.16. The molecule has 0 atom stereocenters. The van der Waals surface area contributed by atoms with Crippen molar-refractivity contribution in [1.82, 2.24) is 29.6 Å². The van der Waals surface area contributed by atoms with Crippen LogP contribution in [0.2, 0.25) is 0 Å². The predicted octanol–water partition coefficient (Wildman–Crippen LogP) is 4.15. The fourth-order valence-electron chi connectivity index (χ4n) is 4.34. The van der Waals surface area contributed by atoms with E-state index in [0.29, 0.717) is 17.0 Å². The molecule has 2 aromatic carbocycles. The van der Waals surface area contributed by atoms with Gasteiger partial charge in [0.15, 0.2) is 5.16 Å². The first-order valence-electron chi connectivity index (χ1n) is 11.5. The van der Waals surface area contributed by atoms with Gasteiger partial charge in [0, 0.05) is 0 Å².